The van der Waals surface area contributed by atoms with E-state index in [0.717, 1.165) is 5.92 Å². The largest absolute Gasteiger partial charge is 0.0804 e. The van der Waals surface area contributed by atoms with Crippen LogP contribution in [0.5, 0.6) is 0 Å². The summed E-state index contributed by atoms with van der Waals surface area (Å²) in [5.74, 6) is 2.59. The Kier molecular flexibility index (Phi) is 10.3. The van der Waals surface area contributed by atoms with E-state index in [1.54, 1.807) is 0 Å². The molecule has 32 heavy (non-hydrogen) atoms. The first-order valence-electron chi connectivity index (χ1n) is 12.9. The summed E-state index contributed by atoms with van der Waals surface area (Å²) < 4.78 is 0. The highest BCUT2D eigenvalue weighted by molar-refractivity contribution is 5.29. The lowest BCUT2D eigenvalue weighted by Gasteiger charge is -2.41. The van der Waals surface area contributed by atoms with Crippen LogP contribution >= 0.6 is 0 Å². The van der Waals surface area contributed by atoms with E-state index in [0.29, 0.717) is 23.2 Å². The van der Waals surface area contributed by atoms with Gasteiger partial charge >= 0.3 is 0 Å². The van der Waals surface area contributed by atoms with Gasteiger partial charge in [-0.1, -0.05) is 131 Å². The first-order valence-corrected chi connectivity index (χ1v) is 12.9. The first-order chi connectivity index (χ1) is 15.1. The van der Waals surface area contributed by atoms with Gasteiger partial charge < -0.3 is 0 Å². The van der Waals surface area contributed by atoms with Gasteiger partial charge in [0.25, 0.3) is 0 Å². The molecule has 1 aromatic rings. The van der Waals surface area contributed by atoms with Crippen LogP contribution in [-0.4, -0.2) is 0 Å². The van der Waals surface area contributed by atoms with Crippen molar-refractivity contribution in [3.63, 3.8) is 0 Å². The van der Waals surface area contributed by atoms with Crippen molar-refractivity contribution in [2.24, 2.45) is 23.2 Å². The Balaban J connectivity index is 2.02. The van der Waals surface area contributed by atoms with Gasteiger partial charge in [0.15, 0.2) is 0 Å². The molecule has 0 heterocycles. The lowest BCUT2D eigenvalue weighted by Crippen LogP contribution is -2.32. The second-order valence-electron chi connectivity index (χ2n) is 11.1. The van der Waals surface area contributed by atoms with Gasteiger partial charge in [-0.15, -0.1) is 0 Å². The van der Waals surface area contributed by atoms with Crippen molar-refractivity contribution >= 4 is 0 Å². The summed E-state index contributed by atoms with van der Waals surface area (Å²) in [5, 5.41) is 0. The van der Waals surface area contributed by atoms with E-state index in [4.69, 9.17) is 0 Å². The topological polar surface area (TPSA) is 0 Å². The molecule has 1 aromatic carbocycles. The van der Waals surface area contributed by atoms with Crippen LogP contribution in [0.2, 0.25) is 0 Å². The van der Waals surface area contributed by atoms with Gasteiger partial charge in [-0.25, -0.2) is 0 Å². The third-order valence-corrected chi connectivity index (χ3v) is 7.55. The fourth-order valence-electron chi connectivity index (χ4n) is 5.55. The highest BCUT2D eigenvalue weighted by Gasteiger charge is 2.34. The third kappa shape index (κ3) is 7.95. The summed E-state index contributed by atoms with van der Waals surface area (Å²) >= 11 is 0. The van der Waals surface area contributed by atoms with Crippen LogP contribution in [0.1, 0.15) is 97.6 Å². The Bertz CT molecular complexity index is 812. The van der Waals surface area contributed by atoms with Crippen molar-refractivity contribution < 1.29 is 0 Å². The Morgan fingerprint density at radius 1 is 1.09 bits per heavy atom. The summed E-state index contributed by atoms with van der Waals surface area (Å²) in [6.07, 6.45) is 20.5. The van der Waals surface area contributed by atoms with E-state index < -0.39 is 0 Å². The minimum Gasteiger partial charge on any atom is -0.0804 e. The predicted molar refractivity (Wildman–Crippen MR) is 144 cm³/mol. The number of allylic oxidation sites excluding steroid dienone is 8. The van der Waals surface area contributed by atoms with Crippen molar-refractivity contribution in [3.8, 4) is 0 Å². The lowest BCUT2D eigenvalue weighted by molar-refractivity contribution is 0.123. The number of hydrogen-bond donors (Lipinski definition) is 0. The van der Waals surface area contributed by atoms with Crippen LogP contribution in [0.25, 0.3) is 0 Å². The molecule has 2 rings (SSSR count). The zero-order valence-corrected chi connectivity index (χ0v) is 22.1. The summed E-state index contributed by atoms with van der Waals surface area (Å²) in [5.41, 5.74) is 5.91. The molecular weight excluding hydrogens is 384 g/mol. The van der Waals surface area contributed by atoms with Crippen LogP contribution in [0, 0.1) is 30.1 Å². The van der Waals surface area contributed by atoms with Crippen LogP contribution in [0.3, 0.4) is 0 Å². The molecule has 0 bridgehead atoms. The normalized spacial score (nSPS) is 24.2. The highest BCUT2D eigenvalue weighted by Crippen LogP contribution is 2.44. The SMILES string of the molecule is CCCC(c1ccc(C)cc1)C(C)/C=C(C)/C=C/C=C(C)/C=C/C1C(C)CCCC1(C)C. The molecule has 0 spiro atoms. The van der Waals surface area contributed by atoms with E-state index in [-0.39, 0.29) is 0 Å². The fraction of sp³-hybridized carbons (Fsp3) is 0.562. The molecule has 0 heteroatoms. The van der Waals surface area contributed by atoms with Crippen LogP contribution < -0.4 is 0 Å². The standard InChI is InChI=1S/C32H48/c1-9-12-30(29-19-16-25(3)17-20-29)28(6)23-26(4)14-10-13-24(2)18-21-31-27(5)15-11-22-32(31,7)8/h10,13-14,16-21,23,27-28,30-31H,9,11-12,15,22H2,1-8H3/b14-10+,21-18+,24-13+,26-23+. The smallest absolute Gasteiger partial charge is 0.0102 e. The highest BCUT2D eigenvalue weighted by atomic mass is 14.4. The molecule has 4 unspecified atom stereocenters. The van der Waals surface area contributed by atoms with Crippen molar-refractivity contribution in [1.82, 2.24) is 0 Å². The molecular formula is C32H48. The molecule has 1 fully saturated rings. The molecule has 176 valence electrons. The second kappa shape index (κ2) is 12.4. The third-order valence-electron chi connectivity index (χ3n) is 7.55. The Morgan fingerprint density at radius 2 is 1.78 bits per heavy atom. The average molecular weight is 433 g/mol. The monoisotopic (exact) mass is 432 g/mol. The summed E-state index contributed by atoms with van der Waals surface area (Å²) in [4.78, 5) is 0. The van der Waals surface area contributed by atoms with E-state index >= 15 is 0 Å². The number of benzene rings is 1. The van der Waals surface area contributed by atoms with Crippen molar-refractivity contribution in [1.29, 1.82) is 0 Å². The molecule has 1 aliphatic carbocycles. The first kappa shape index (κ1) is 26.4. The van der Waals surface area contributed by atoms with Gasteiger partial charge in [-0.3, -0.25) is 0 Å². The molecule has 0 aromatic heterocycles. The molecule has 0 amide bonds. The van der Waals surface area contributed by atoms with E-state index in [9.17, 15) is 0 Å². The van der Waals surface area contributed by atoms with Gasteiger partial charge in [0, 0.05) is 0 Å². The maximum absolute atomic E-state index is 2.48. The van der Waals surface area contributed by atoms with Crippen LogP contribution in [-0.2, 0) is 0 Å². The van der Waals surface area contributed by atoms with Gasteiger partial charge in [-0.2, -0.15) is 0 Å². The van der Waals surface area contributed by atoms with Crippen molar-refractivity contribution in [2.75, 3.05) is 0 Å². The van der Waals surface area contributed by atoms with Crippen LogP contribution in [0.15, 0.2) is 71.9 Å². The number of rotatable bonds is 9. The summed E-state index contributed by atoms with van der Waals surface area (Å²) in [6.45, 7) is 18.6. The molecule has 1 aliphatic rings. The Hall–Kier alpha value is -1.82. The Labute approximate surface area is 199 Å². The minimum absolute atomic E-state index is 0.423. The van der Waals surface area contributed by atoms with E-state index in [2.05, 4.69) is 116 Å². The van der Waals surface area contributed by atoms with Crippen LogP contribution in [0.4, 0.5) is 0 Å². The predicted octanol–water partition coefficient (Wildman–Crippen LogP) is 9.98. The lowest BCUT2D eigenvalue weighted by atomic mass is 9.64. The molecule has 0 radical (unpaired) electrons. The zero-order chi connectivity index (χ0) is 23.7. The minimum atomic E-state index is 0.423. The molecule has 4 atom stereocenters. The van der Waals surface area contributed by atoms with Gasteiger partial charge in [0.1, 0.15) is 0 Å². The van der Waals surface area contributed by atoms with E-state index in [1.165, 1.54) is 54.4 Å². The van der Waals surface area contributed by atoms with Crippen molar-refractivity contribution in [3.05, 3.63) is 83.0 Å². The van der Waals surface area contributed by atoms with E-state index in [1.807, 2.05) is 0 Å². The van der Waals surface area contributed by atoms with Gasteiger partial charge in [-0.05, 0) is 68.3 Å². The average Bonchev–Trinajstić information content (AvgIpc) is 2.72. The maximum atomic E-state index is 2.48. The van der Waals surface area contributed by atoms with Crippen molar-refractivity contribution in [2.45, 2.75) is 93.4 Å². The second-order valence-corrected chi connectivity index (χ2v) is 11.1. The fourth-order valence-corrected chi connectivity index (χ4v) is 5.55. The quantitative estimate of drug-likeness (QED) is 0.340. The molecule has 0 saturated heterocycles. The summed E-state index contributed by atoms with van der Waals surface area (Å²) in [7, 11) is 0. The molecule has 0 aliphatic heterocycles. The van der Waals surface area contributed by atoms with Gasteiger partial charge in [0.2, 0.25) is 0 Å². The maximum Gasteiger partial charge on any atom is -0.0102 e. The number of aryl methyl sites for hydroxylation is 1. The van der Waals surface area contributed by atoms with Gasteiger partial charge in [0.05, 0.1) is 0 Å². The molecule has 1 saturated carbocycles. The summed E-state index contributed by atoms with van der Waals surface area (Å²) in [6, 6.07) is 9.13. The zero-order valence-electron chi connectivity index (χ0n) is 22.1. The molecule has 0 N–H and O–H groups in total. The molecule has 0 nitrogen and oxygen atoms in total. The Morgan fingerprint density at radius 3 is 2.41 bits per heavy atom. The number of hydrogen-bond acceptors (Lipinski definition) is 0.